The Morgan fingerprint density at radius 3 is 2.22 bits per heavy atom. The molecule has 1 aromatic heterocycles. The van der Waals surface area contributed by atoms with E-state index in [0.717, 1.165) is 33.3 Å². The molecule has 3 aromatic carbocycles. The third-order valence-corrected chi connectivity index (χ3v) is 9.52. The minimum atomic E-state index is -4.51. The summed E-state index contributed by atoms with van der Waals surface area (Å²) in [6.45, 7) is 7.83. The molecule has 0 saturated carbocycles. The Hall–Kier alpha value is -4.75. The van der Waals surface area contributed by atoms with Crippen molar-refractivity contribution < 1.29 is 18.0 Å². The van der Waals surface area contributed by atoms with Crippen LogP contribution in [0.25, 0.3) is 5.69 Å². The molecular weight excluding hydrogens is 607 g/mol. The van der Waals surface area contributed by atoms with Crippen LogP contribution in [0.5, 0.6) is 0 Å². The summed E-state index contributed by atoms with van der Waals surface area (Å²) in [6.07, 6.45) is -3.84. The molecule has 6 nitrogen and oxygen atoms in total. The lowest BCUT2D eigenvalue weighted by Crippen LogP contribution is -2.42. The van der Waals surface area contributed by atoms with Gasteiger partial charge in [0.15, 0.2) is 5.78 Å². The molecule has 2 aliphatic rings. The Balaban J connectivity index is 1.61. The van der Waals surface area contributed by atoms with Gasteiger partial charge < -0.3 is 5.73 Å². The number of nitrogens with two attached hydrogens (primary N) is 1. The summed E-state index contributed by atoms with van der Waals surface area (Å²) in [7, 11) is 0. The Kier molecular flexibility index (Phi) is 7.85. The highest BCUT2D eigenvalue weighted by atomic mass is 32.2. The first-order chi connectivity index (χ1) is 21.8. The number of ketones is 1. The van der Waals surface area contributed by atoms with E-state index in [9.17, 15) is 23.2 Å². The van der Waals surface area contributed by atoms with Gasteiger partial charge >= 0.3 is 6.18 Å². The van der Waals surface area contributed by atoms with Crippen molar-refractivity contribution in [3.63, 3.8) is 0 Å². The number of para-hydroxylation sites is 1. The predicted octanol–water partition coefficient (Wildman–Crippen LogP) is 8.60. The van der Waals surface area contributed by atoms with Crippen LogP contribution in [0.1, 0.15) is 55.0 Å². The third kappa shape index (κ3) is 5.60. The summed E-state index contributed by atoms with van der Waals surface area (Å²) in [5.74, 6) is -0.874. The lowest BCUT2D eigenvalue weighted by Gasteiger charge is -2.43. The van der Waals surface area contributed by atoms with Gasteiger partial charge in [-0.1, -0.05) is 61.5 Å². The normalized spacial score (nSPS) is 18.1. The Morgan fingerprint density at radius 2 is 1.61 bits per heavy atom. The van der Waals surface area contributed by atoms with E-state index in [2.05, 4.69) is 6.07 Å². The number of aryl methyl sites for hydroxylation is 2. The summed E-state index contributed by atoms with van der Waals surface area (Å²) in [6, 6.07) is 24.6. The summed E-state index contributed by atoms with van der Waals surface area (Å²) in [4.78, 5) is 16.8. The number of benzene rings is 3. The van der Waals surface area contributed by atoms with Gasteiger partial charge in [0.2, 0.25) is 0 Å². The molecule has 2 heterocycles. The molecule has 6 rings (SSSR count). The molecule has 234 valence electrons. The number of aromatic nitrogens is 2. The minimum absolute atomic E-state index is 0.0784. The molecule has 1 atom stereocenters. The molecule has 0 saturated heterocycles. The molecule has 10 heteroatoms. The highest BCUT2D eigenvalue weighted by Crippen LogP contribution is 2.53. The lowest BCUT2D eigenvalue weighted by molar-refractivity contribution is -0.137. The maximum atomic E-state index is 14.2. The maximum Gasteiger partial charge on any atom is 0.416 e. The van der Waals surface area contributed by atoms with Crippen molar-refractivity contribution >= 4 is 23.2 Å². The number of carbonyl (C=O) groups excluding carboxylic acids is 1. The second-order valence-electron chi connectivity index (χ2n) is 12.5. The van der Waals surface area contributed by atoms with Gasteiger partial charge in [0, 0.05) is 33.8 Å². The van der Waals surface area contributed by atoms with Crippen molar-refractivity contribution in [2.75, 3.05) is 4.90 Å². The first kappa shape index (κ1) is 31.2. The van der Waals surface area contributed by atoms with Crippen LogP contribution in [0.3, 0.4) is 0 Å². The molecule has 4 aromatic rings. The Morgan fingerprint density at radius 1 is 0.957 bits per heavy atom. The average molecular weight is 640 g/mol. The molecular formula is C36H32F3N5OS. The monoisotopic (exact) mass is 639 g/mol. The molecule has 0 amide bonds. The van der Waals surface area contributed by atoms with Gasteiger partial charge in [-0.15, -0.1) is 0 Å². The van der Waals surface area contributed by atoms with Crippen molar-refractivity contribution in [2.45, 2.75) is 62.6 Å². The fourth-order valence-electron chi connectivity index (χ4n) is 6.30. The van der Waals surface area contributed by atoms with Crippen LogP contribution in [0.4, 0.5) is 18.9 Å². The molecule has 46 heavy (non-hydrogen) atoms. The quantitative estimate of drug-likeness (QED) is 0.235. The fraction of sp³-hybridized carbons (Fsp3) is 0.250. The third-order valence-electron chi connectivity index (χ3n) is 8.42. The van der Waals surface area contributed by atoms with Gasteiger partial charge in [-0.2, -0.15) is 23.5 Å². The molecule has 0 radical (unpaired) electrons. The van der Waals surface area contributed by atoms with Gasteiger partial charge in [0.05, 0.1) is 34.5 Å². The van der Waals surface area contributed by atoms with Crippen LogP contribution in [0.15, 0.2) is 111 Å². The zero-order chi connectivity index (χ0) is 33.0. The van der Waals surface area contributed by atoms with Crippen molar-refractivity contribution in [3.05, 3.63) is 124 Å². The van der Waals surface area contributed by atoms with Crippen LogP contribution in [0, 0.1) is 30.6 Å². The van der Waals surface area contributed by atoms with Crippen LogP contribution >= 0.6 is 11.8 Å². The number of halogens is 3. The topological polar surface area (TPSA) is 87.9 Å². The largest absolute Gasteiger partial charge is 0.416 e. The smallest absolute Gasteiger partial charge is 0.384 e. The number of nitrogens with zero attached hydrogens (tertiary/aromatic N) is 4. The van der Waals surface area contributed by atoms with Crippen LogP contribution in [-0.4, -0.2) is 15.6 Å². The van der Waals surface area contributed by atoms with E-state index in [1.165, 1.54) is 23.9 Å². The van der Waals surface area contributed by atoms with Crippen LogP contribution in [0.2, 0.25) is 0 Å². The van der Waals surface area contributed by atoms with Crippen LogP contribution in [-0.2, 0) is 11.0 Å². The van der Waals surface area contributed by atoms with Gasteiger partial charge in [0.1, 0.15) is 10.8 Å². The summed E-state index contributed by atoms with van der Waals surface area (Å²) < 4.78 is 42.1. The Bertz CT molecular complexity index is 1930. The number of anilines is 1. The number of allylic oxidation sites excluding steroid dienone is 3. The highest BCUT2D eigenvalue weighted by molar-refractivity contribution is 7.99. The Labute approximate surface area is 270 Å². The predicted molar refractivity (Wildman–Crippen MR) is 172 cm³/mol. The molecule has 1 unspecified atom stereocenters. The van der Waals surface area contributed by atoms with E-state index in [1.807, 2.05) is 87.0 Å². The molecule has 1 aliphatic carbocycles. The molecule has 0 bridgehead atoms. The molecule has 1 aliphatic heterocycles. The lowest BCUT2D eigenvalue weighted by atomic mass is 9.68. The van der Waals surface area contributed by atoms with E-state index in [0.29, 0.717) is 34.6 Å². The average Bonchev–Trinajstić information content (AvgIpc) is 3.32. The van der Waals surface area contributed by atoms with E-state index in [4.69, 9.17) is 10.8 Å². The van der Waals surface area contributed by atoms with E-state index >= 15 is 0 Å². The SMILES string of the molecule is Cc1ccc(Sc2c(C3C(C#N)=C(N)N(c4ccc(C(F)(F)F)cc4)C4=C3C(=O)CC(C)(C)C4)c(C)nn2-c2ccccc2)cc1. The molecule has 0 fully saturated rings. The first-order valence-corrected chi connectivity index (χ1v) is 15.6. The van der Waals surface area contributed by atoms with Crippen LogP contribution < -0.4 is 10.6 Å². The van der Waals surface area contributed by atoms with Crippen molar-refractivity contribution in [2.24, 2.45) is 11.1 Å². The van der Waals surface area contributed by atoms with E-state index < -0.39 is 23.1 Å². The number of hydrogen-bond acceptors (Lipinski definition) is 6. The zero-order valence-electron chi connectivity index (χ0n) is 25.8. The first-order valence-electron chi connectivity index (χ1n) is 14.8. The summed E-state index contributed by atoms with van der Waals surface area (Å²) in [5, 5.41) is 16.4. The fourth-order valence-corrected chi connectivity index (χ4v) is 7.41. The second kappa shape index (κ2) is 11.6. The molecule has 0 spiro atoms. The minimum Gasteiger partial charge on any atom is -0.384 e. The highest BCUT2D eigenvalue weighted by Gasteiger charge is 2.46. The maximum absolute atomic E-state index is 14.2. The number of Topliss-reactive ketones (excluding diaryl/α,β-unsaturated/α-hetero) is 1. The van der Waals surface area contributed by atoms with Crippen molar-refractivity contribution in [1.29, 1.82) is 5.26 Å². The summed E-state index contributed by atoms with van der Waals surface area (Å²) >= 11 is 1.49. The van der Waals surface area contributed by atoms with Gasteiger partial charge in [-0.05, 0) is 74.2 Å². The number of hydrogen-bond donors (Lipinski definition) is 1. The summed E-state index contributed by atoms with van der Waals surface area (Å²) in [5.41, 5.74) is 10.3. The standard InChI is InChI=1S/C36H32F3N5OS/c1-21-10-16-26(17-11-21)46-34-30(22(2)42-44(34)25-8-6-5-7-9-25)31-27(20-40)33(41)43(24-14-12-23(13-15-24)36(37,38)39)28-18-35(3,4)19-29(45)32(28)31/h5-17,31H,18-19,41H2,1-4H3. The van der Waals surface area contributed by atoms with Crippen molar-refractivity contribution in [3.8, 4) is 11.8 Å². The van der Waals surface area contributed by atoms with Gasteiger partial charge in [0.25, 0.3) is 0 Å². The van der Waals surface area contributed by atoms with Gasteiger partial charge in [-0.3, -0.25) is 9.69 Å². The van der Waals surface area contributed by atoms with E-state index in [1.54, 1.807) is 4.90 Å². The number of alkyl halides is 3. The molecule has 2 N–H and O–H groups in total. The number of nitriles is 1. The number of rotatable bonds is 5. The second-order valence-corrected chi connectivity index (χ2v) is 13.6. The zero-order valence-corrected chi connectivity index (χ0v) is 26.6. The number of carbonyl (C=O) groups is 1. The van der Waals surface area contributed by atoms with Gasteiger partial charge in [-0.25, -0.2) is 4.68 Å². The van der Waals surface area contributed by atoms with Crippen molar-refractivity contribution in [1.82, 2.24) is 9.78 Å². The van der Waals surface area contributed by atoms with E-state index in [-0.39, 0.29) is 23.6 Å².